The van der Waals surface area contributed by atoms with Gasteiger partial charge in [0.2, 0.25) is 0 Å². The second kappa shape index (κ2) is 12.7. The maximum atomic E-state index is 12.4. The third kappa shape index (κ3) is 8.39. The summed E-state index contributed by atoms with van der Waals surface area (Å²) in [5.41, 5.74) is 2.85. The van der Waals surface area contributed by atoms with Crippen LogP contribution in [0, 0.1) is 0 Å². The van der Waals surface area contributed by atoms with Gasteiger partial charge in [-0.05, 0) is 53.1 Å². The van der Waals surface area contributed by atoms with E-state index in [4.69, 9.17) is 14.2 Å². The van der Waals surface area contributed by atoms with E-state index in [0.29, 0.717) is 30.5 Å². The first-order valence-electron chi connectivity index (χ1n) is 12.0. The van der Waals surface area contributed by atoms with E-state index in [1.807, 2.05) is 78.9 Å². The monoisotopic (exact) mass is 534 g/mol. The zero-order valence-corrected chi connectivity index (χ0v) is 20.7. The number of halogens is 3. The van der Waals surface area contributed by atoms with Gasteiger partial charge in [-0.1, -0.05) is 60.7 Å². The molecule has 0 saturated heterocycles. The zero-order valence-electron chi connectivity index (χ0n) is 20.7. The normalized spacial score (nSPS) is 11.6. The van der Waals surface area contributed by atoms with Crippen molar-refractivity contribution in [3.8, 4) is 17.2 Å². The van der Waals surface area contributed by atoms with Crippen molar-refractivity contribution in [3.05, 3.63) is 131 Å². The molecule has 8 heteroatoms. The van der Waals surface area contributed by atoms with Gasteiger partial charge in [0.1, 0.15) is 42.8 Å². The van der Waals surface area contributed by atoms with Crippen molar-refractivity contribution in [2.45, 2.75) is 26.0 Å². The van der Waals surface area contributed by atoms with Gasteiger partial charge < -0.3 is 19.3 Å². The van der Waals surface area contributed by atoms with Crippen molar-refractivity contribution in [3.63, 3.8) is 0 Å². The maximum Gasteiger partial charge on any atom is 0.454 e. The lowest BCUT2D eigenvalue weighted by Crippen LogP contribution is -2.20. The van der Waals surface area contributed by atoms with Crippen LogP contribution >= 0.6 is 0 Å². The molecule has 0 amide bonds. The Balaban J connectivity index is 1.45. The lowest BCUT2D eigenvalue weighted by molar-refractivity contribution is -0.165. The molecule has 0 spiro atoms. The van der Waals surface area contributed by atoms with E-state index >= 15 is 0 Å². The Kier molecular flexibility index (Phi) is 8.89. The SMILES string of the molecule is O=C(/C=C(\O)c1ccc(OCc2cc(OCc3ccccc3)cc(OCc3ccccc3)c2)cc1)C(F)(F)F. The van der Waals surface area contributed by atoms with E-state index in [1.54, 1.807) is 0 Å². The molecular formula is C31H25F3O5. The largest absolute Gasteiger partial charge is 0.507 e. The quantitative estimate of drug-likeness (QED) is 0.160. The van der Waals surface area contributed by atoms with Crippen LogP contribution in [0.15, 0.2) is 109 Å². The second-order valence-corrected chi connectivity index (χ2v) is 8.57. The highest BCUT2D eigenvalue weighted by Crippen LogP contribution is 2.27. The molecule has 0 bridgehead atoms. The number of alkyl halides is 3. The maximum absolute atomic E-state index is 12.4. The molecule has 0 unspecified atom stereocenters. The summed E-state index contributed by atoms with van der Waals surface area (Å²) >= 11 is 0. The van der Waals surface area contributed by atoms with Gasteiger partial charge in [0, 0.05) is 17.7 Å². The Morgan fingerprint density at radius 3 is 1.59 bits per heavy atom. The third-order valence-electron chi connectivity index (χ3n) is 5.54. The number of ketones is 1. The number of ether oxygens (including phenoxy) is 3. The molecule has 0 heterocycles. The van der Waals surface area contributed by atoms with Gasteiger partial charge in [-0.15, -0.1) is 0 Å². The van der Waals surface area contributed by atoms with Gasteiger partial charge in [0.05, 0.1) is 0 Å². The van der Waals surface area contributed by atoms with Gasteiger partial charge in [-0.25, -0.2) is 0 Å². The number of carbonyl (C=O) groups is 1. The Morgan fingerprint density at radius 1 is 0.641 bits per heavy atom. The highest BCUT2D eigenvalue weighted by Gasteiger charge is 2.37. The van der Waals surface area contributed by atoms with Crippen LogP contribution in [0.25, 0.3) is 5.76 Å². The van der Waals surface area contributed by atoms with Crippen LogP contribution in [0.2, 0.25) is 0 Å². The second-order valence-electron chi connectivity index (χ2n) is 8.57. The first-order valence-corrected chi connectivity index (χ1v) is 12.0. The molecule has 200 valence electrons. The fraction of sp³-hybridized carbons (Fsp3) is 0.129. The highest BCUT2D eigenvalue weighted by atomic mass is 19.4. The molecule has 0 atom stereocenters. The van der Waals surface area contributed by atoms with Crippen molar-refractivity contribution >= 4 is 11.5 Å². The van der Waals surface area contributed by atoms with E-state index in [-0.39, 0.29) is 18.2 Å². The van der Waals surface area contributed by atoms with Gasteiger partial charge in [0.15, 0.2) is 0 Å². The first-order chi connectivity index (χ1) is 18.8. The molecule has 0 radical (unpaired) electrons. The number of hydrogen-bond acceptors (Lipinski definition) is 5. The molecule has 4 rings (SSSR count). The zero-order chi connectivity index (χ0) is 27.7. The number of rotatable bonds is 11. The summed E-state index contributed by atoms with van der Waals surface area (Å²) in [5, 5.41) is 9.85. The van der Waals surface area contributed by atoms with Crippen molar-refractivity contribution in [2.24, 2.45) is 0 Å². The predicted octanol–water partition coefficient (Wildman–Crippen LogP) is 7.45. The molecular weight excluding hydrogens is 509 g/mol. The summed E-state index contributed by atoms with van der Waals surface area (Å²) in [6, 6.07) is 30.7. The van der Waals surface area contributed by atoms with Gasteiger partial charge >= 0.3 is 6.18 Å². The molecule has 0 saturated carbocycles. The minimum atomic E-state index is -5.06. The molecule has 1 N–H and O–H groups in total. The molecule has 0 aromatic heterocycles. The first kappa shape index (κ1) is 27.3. The van der Waals surface area contributed by atoms with Crippen LogP contribution in [0.3, 0.4) is 0 Å². The average molecular weight is 535 g/mol. The van der Waals surface area contributed by atoms with Crippen LogP contribution in [0.5, 0.6) is 17.2 Å². The fourth-order valence-corrected chi connectivity index (χ4v) is 3.54. The molecule has 0 fully saturated rings. The molecule has 39 heavy (non-hydrogen) atoms. The predicted molar refractivity (Wildman–Crippen MR) is 140 cm³/mol. The summed E-state index contributed by atoms with van der Waals surface area (Å²) in [6.45, 7) is 0.898. The van der Waals surface area contributed by atoms with Gasteiger partial charge in [-0.3, -0.25) is 4.79 Å². The Hall–Kier alpha value is -4.72. The summed E-state index contributed by atoms with van der Waals surface area (Å²) in [5.74, 6) is -1.31. The number of aliphatic hydroxyl groups excluding tert-OH is 1. The Labute approximate surface area is 223 Å². The molecule has 4 aromatic carbocycles. The van der Waals surface area contributed by atoms with E-state index in [9.17, 15) is 23.1 Å². The van der Waals surface area contributed by atoms with Gasteiger partial charge in [0.25, 0.3) is 5.78 Å². The minimum absolute atomic E-state index is 0.0489. The van der Waals surface area contributed by atoms with Crippen LogP contribution in [-0.2, 0) is 24.6 Å². The van der Waals surface area contributed by atoms with Crippen molar-refractivity contribution in [2.75, 3.05) is 0 Å². The van der Waals surface area contributed by atoms with Crippen molar-refractivity contribution in [1.29, 1.82) is 0 Å². The van der Waals surface area contributed by atoms with E-state index in [2.05, 4.69) is 0 Å². The number of benzene rings is 4. The lowest BCUT2D eigenvalue weighted by atomic mass is 10.1. The summed E-state index contributed by atoms with van der Waals surface area (Å²) in [7, 11) is 0. The topological polar surface area (TPSA) is 65.0 Å². The number of aliphatic hydroxyl groups is 1. The number of carbonyl (C=O) groups excluding carboxylic acids is 1. The van der Waals surface area contributed by atoms with E-state index < -0.39 is 17.7 Å². The average Bonchev–Trinajstić information content (AvgIpc) is 2.95. The molecule has 0 aliphatic carbocycles. The summed E-state index contributed by atoms with van der Waals surface area (Å²) < 4.78 is 55.1. The fourth-order valence-electron chi connectivity index (χ4n) is 3.54. The smallest absolute Gasteiger partial charge is 0.454 e. The van der Waals surface area contributed by atoms with Crippen molar-refractivity contribution in [1.82, 2.24) is 0 Å². The van der Waals surface area contributed by atoms with Crippen molar-refractivity contribution < 1.29 is 37.3 Å². The highest BCUT2D eigenvalue weighted by molar-refractivity contribution is 5.99. The molecule has 4 aromatic rings. The molecule has 0 aliphatic rings. The van der Waals surface area contributed by atoms with Crippen LogP contribution in [0.1, 0.15) is 22.3 Å². The number of allylic oxidation sites excluding steroid dienone is 1. The number of hydrogen-bond donors (Lipinski definition) is 1. The van der Waals surface area contributed by atoms with Crippen LogP contribution < -0.4 is 14.2 Å². The van der Waals surface area contributed by atoms with Crippen LogP contribution in [0.4, 0.5) is 13.2 Å². The molecule has 5 nitrogen and oxygen atoms in total. The van der Waals surface area contributed by atoms with E-state index in [1.165, 1.54) is 24.3 Å². The summed E-state index contributed by atoms with van der Waals surface area (Å²) in [4.78, 5) is 11.1. The van der Waals surface area contributed by atoms with E-state index in [0.717, 1.165) is 16.7 Å². The minimum Gasteiger partial charge on any atom is -0.507 e. The van der Waals surface area contributed by atoms with Gasteiger partial charge in [-0.2, -0.15) is 13.2 Å². The third-order valence-corrected chi connectivity index (χ3v) is 5.54. The standard InChI is InChI=1S/C31H25F3O5/c32-31(33,34)30(36)18-29(35)25-11-13-26(14-12-25)37-21-24-15-27(38-19-22-7-3-1-4-8-22)17-28(16-24)39-20-23-9-5-2-6-10-23/h1-18,35H,19-21H2/b29-18-. The Bertz CT molecular complexity index is 1340. The molecule has 0 aliphatic heterocycles. The Morgan fingerprint density at radius 2 is 1.10 bits per heavy atom. The summed E-state index contributed by atoms with van der Waals surface area (Å²) in [6.07, 6.45) is -4.91. The lowest BCUT2D eigenvalue weighted by Gasteiger charge is -2.14. The van der Waals surface area contributed by atoms with Crippen LogP contribution in [-0.4, -0.2) is 17.1 Å².